The number of fused-ring (bicyclic) bond motifs is 1. The summed E-state index contributed by atoms with van der Waals surface area (Å²) in [6.07, 6.45) is 0.337. The fourth-order valence-corrected chi connectivity index (χ4v) is 3.30. The Morgan fingerprint density at radius 1 is 1.18 bits per heavy atom. The van der Waals surface area contributed by atoms with Crippen LogP contribution >= 0.6 is 11.6 Å². The zero-order valence-corrected chi connectivity index (χ0v) is 15.9. The molecule has 0 unspecified atom stereocenters. The summed E-state index contributed by atoms with van der Waals surface area (Å²) in [5.41, 5.74) is 7.94. The van der Waals surface area contributed by atoms with Crippen LogP contribution in [0.5, 0.6) is 0 Å². The van der Waals surface area contributed by atoms with E-state index in [9.17, 15) is 14.4 Å². The Hall–Kier alpha value is -3.06. The summed E-state index contributed by atoms with van der Waals surface area (Å²) < 4.78 is 9.94. The minimum Gasteiger partial charge on any atom is -0.467 e. The van der Waals surface area contributed by atoms with Crippen molar-refractivity contribution in [3.05, 3.63) is 64.2 Å². The third-order valence-electron chi connectivity index (χ3n) is 4.60. The van der Waals surface area contributed by atoms with E-state index >= 15 is 0 Å². The number of ether oxygens (including phenoxy) is 2. The van der Waals surface area contributed by atoms with Gasteiger partial charge in [-0.05, 0) is 29.3 Å². The van der Waals surface area contributed by atoms with Gasteiger partial charge in [0.25, 0.3) is 5.91 Å². The van der Waals surface area contributed by atoms with Crippen LogP contribution < -0.4 is 5.73 Å². The first-order valence-electron chi connectivity index (χ1n) is 8.57. The molecule has 3 rings (SSSR count). The van der Waals surface area contributed by atoms with Gasteiger partial charge < -0.3 is 20.1 Å². The molecule has 2 N–H and O–H groups in total. The zero-order chi connectivity index (χ0) is 20.3. The van der Waals surface area contributed by atoms with Gasteiger partial charge in [0.05, 0.1) is 12.7 Å². The molecule has 1 atom stereocenters. The largest absolute Gasteiger partial charge is 0.467 e. The number of methoxy groups -OCH3 is 1. The van der Waals surface area contributed by atoms with Crippen LogP contribution in [-0.4, -0.2) is 42.5 Å². The number of amides is 1. The lowest BCUT2D eigenvalue weighted by Crippen LogP contribution is -2.50. The molecule has 28 heavy (non-hydrogen) atoms. The lowest BCUT2D eigenvalue weighted by atomic mass is 9.94. The number of hydrogen-bond acceptors (Lipinski definition) is 6. The first-order chi connectivity index (χ1) is 13.4. The summed E-state index contributed by atoms with van der Waals surface area (Å²) in [6, 6.07) is 11.2. The minimum absolute atomic E-state index is 0.0776. The zero-order valence-electron chi connectivity index (χ0n) is 15.2. The highest BCUT2D eigenvalue weighted by molar-refractivity contribution is 6.31. The number of nitrogen functional groups attached to an aromatic ring is 1. The molecule has 2 aromatic rings. The maximum atomic E-state index is 12.7. The van der Waals surface area contributed by atoms with Crippen molar-refractivity contribution in [2.24, 2.45) is 0 Å². The van der Waals surface area contributed by atoms with Gasteiger partial charge >= 0.3 is 11.9 Å². The molecule has 0 bridgehead atoms. The van der Waals surface area contributed by atoms with Crippen molar-refractivity contribution in [1.29, 1.82) is 0 Å². The first-order valence-corrected chi connectivity index (χ1v) is 8.94. The van der Waals surface area contributed by atoms with Gasteiger partial charge in [0.2, 0.25) is 0 Å². The Morgan fingerprint density at radius 2 is 1.89 bits per heavy atom. The van der Waals surface area contributed by atoms with Crippen molar-refractivity contribution in [3.8, 4) is 0 Å². The SMILES string of the molecule is COC(=O)[C@@H]1Cc2ccccc2CN1C(=O)COC(=O)c1cc(Cl)ccc1N. The Kier molecular flexibility index (Phi) is 5.84. The molecule has 1 aliphatic rings. The monoisotopic (exact) mass is 402 g/mol. The Bertz CT molecular complexity index is 931. The van der Waals surface area contributed by atoms with Gasteiger partial charge in [-0.1, -0.05) is 35.9 Å². The summed E-state index contributed by atoms with van der Waals surface area (Å²) in [6.45, 7) is -0.300. The molecule has 0 spiro atoms. The third kappa shape index (κ3) is 4.09. The standard InChI is InChI=1S/C20H19ClN2O5/c1-27-20(26)17-8-12-4-2-3-5-13(12)10-23(17)18(24)11-28-19(25)15-9-14(21)6-7-16(15)22/h2-7,9,17H,8,10-11,22H2,1H3/t17-/m0/s1. The highest BCUT2D eigenvalue weighted by Gasteiger charge is 2.35. The fraction of sp³-hybridized carbons (Fsp3) is 0.250. The number of carbonyl (C=O) groups excluding carboxylic acids is 3. The van der Waals surface area contributed by atoms with Crippen LogP contribution in [-0.2, 0) is 32.0 Å². The normalized spacial score (nSPS) is 15.5. The number of esters is 2. The number of anilines is 1. The van der Waals surface area contributed by atoms with Crippen molar-refractivity contribution < 1.29 is 23.9 Å². The highest BCUT2D eigenvalue weighted by Crippen LogP contribution is 2.24. The van der Waals surface area contributed by atoms with Crippen LogP contribution in [0.25, 0.3) is 0 Å². The molecule has 0 fully saturated rings. The predicted octanol–water partition coefficient (Wildman–Crippen LogP) is 2.21. The van der Waals surface area contributed by atoms with Crippen LogP contribution in [0.3, 0.4) is 0 Å². The second-order valence-electron chi connectivity index (χ2n) is 6.34. The van der Waals surface area contributed by atoms with Crippen molar-refractivity contribution in [2.75, 3.05) is 19.5 Å². The molecule has 1 heterocycles. The molecule has 2 aromatic carbocycles. The van der Waals surface area contributed by atoms with Crippen molar-refractivity contribution >= 4 is 35.1 Å². The van der Waals surface area contributed by atoms with E-state index in [0.717, 1.165) is 11.1 Å². The molecule has 146 valence electrons. The molecule has 0 aliphatic carbocycles. The van der Waals surface area contributed by atoms with E-state index < -0.39 is 30.5 Å². The van der Waals surface area contributed by atoms with E-state index in [1.54, 1.807) is 6.07 Å². The molecule has 1 amide bonds. The van der Waals surface area contributed by atoms with Crippen molar-refractivity contribution in [2.45, 2.75) is 19.0 Å². The topological polar surface area (TPSA) is 98.9 Å². The Balaban J connectivity index is 1.73. The van der Waals surface area contributed by atoms with Crippen molar-refractivity contribution in [1.82, 2.24) is 4.90 Å². The Labute approximate surface area is 167 Å². The van der Waals surface area contributed by atoms with Gasteiger partial charge in [-0.15, -0.1) is 0 Å². The first kappa shape index (κ1) is 19.7. The lowest BCUT2D eigenvalue weighted by Gasteiger charge is -2.35. The lowest BCUT2D eigenvalue weighted by molar-refractivity contribution is -0.155. The molecular weight excluding hydrogens is 384 g/mol. The van der Waals surface area contributed by atoms with E-state index in [2.05, 4.69) is 0 Å². The van der Waals surface area contributed by atoms with Gasteiger partial charge in [-0.25, -0.2) is 9.59 Å². The molecule has 0 saturated heterocycles. The summed E-state index contributed by atoms with van der Waals surface area (Å²) in [7, 11) is 1.27. The fourth-order valence-electron chi connectivity index (χ4n) is 3.12. The maximum absolute atomic E-state index is 12.7. The summed E-state index contributed by atoms with van der Waals surface area (Å²) in [5.74, 6) is -1.78. The van der Waals surface area contributed by atoms with Gasteiger partial charge in [0.1, 0.15) is 6.04 Å². The summed E-state index contributed by atoms with van der Waals surface area (Å²) in [4.78, 5) is 38.5. The number of halogens is 1. The third-order valence-corrected chi connectivity index (χ3v) is 4.84. The average Bonchev–Trinajstić information content (AvgIpc) is 2.71. The summed E-state index contributed by atoms with van der Waals surface area (Å²) >= 11 is 5.87. The molecule has 0 aromatic heterocycles. The van der Waals surface area contributed by atoms with Crippen LogP contribution in [0.1, 0.15) is 21.5 Å². The molecule has 0 saturated carbocycles. The number of carbonyl (C=O) groups is 3. The predicted molar refractivity (Wildman–Crippen MR) is 103 cm³/mol. The van der Waals surface area contributed by atoms with Gasteiger partial charge in [-0.3, -0.25) is 4.79 Å². The number of benzene rings is 2. The van der Waals surface area contributed by atoms with Gasteiger partial charge in [-0.2, -0.15) is 0 Å². The quantitative estimate of drug-likeness (QED) is 0.621. The van der Waals surface area contributed by atoms with E-state index in [1.807, 2.05) is 24.3 Å². The van der Waals surface area contributed by atoms with Crippen LogP contribution in [0.15, 0.2) is 42.5 Å². The van der Waals surface area contributed by atoms with E-state index in [4.69, 9.17) is 26.8 Å². The second kappa shape index (κ2) is 8.31. The second-order valence-corrected chi connectivity index (χ2v) is 6.78. The number of hydrogen-bond donors (Lipinski definition) is 1. The van der Waals surface area contributed by atoms with E-state index in [0.29, 0.717) is 11.4 Å². The molecule has 1 aliphatic heterocycles. The molecular formula is C20H19ClN2O5. The average molecular weight is 403 g/mol. The Morgan fingerprint density at radius 3 is 2.61 bits per heavy atom. The van der Waals surface area contributed by atoms with Crippen LogP contribution in [0.4, 0.5) is 5.69 Å². The smallest absolute Gasteiger partial charge is 0.340 e. The minimum atomic E-state index is -0.776. The number of nitrogens with two attached hydrogens (primary N) is 1. The highest BCUT2D eigenvalue weighted by atomic mass is 35.5. The van der Waals surface area contributed by atoms with Crippen LogP contribution in [0, 0.1) is 0 Å². The number of nitrogens with zero attached hydrogens (tertiary/aromatic N) is 1. The van der Waals surface area contributed by atoms with Gasteiger partial charge in [0, 0.05) is 23.7 Å². The molecule has 7 nitrogen and oxygen atoms in total. The molecule has 0 radical (unpaired) electrons. The van der Waals surface area contributed by atoms with Crippen molar-refractivity contribution in [3.63, 3.8) is 0 Å². The van der Waals surface area contributed by atoms with Crippen LogP contribution in [0.2, 0.25) is 5.02 Å². The van der Waals surface area contributed by atoms with Gasteiger partial charge in [0.15, 0.2) is 6.61 Å². The molecule has 8 heteroatoms. The van der Waals surface area contributed by atoms with E-state index in [1.165, 1.54) is 24.1 Å². The maximum Gasteiger partial charge on any atom is 0.340 e. The summed E-state index contributed by atoms with van der Waals surface area (Å²) in [5, 5.41) is 0.325. The number of rotatable bonds is 4. The van der Waals surface area contributed by atoms with E-state index in [-0.39, 0.29) is 17.8 Å².